The first-order valence-corrected chi connectivity index (χ1v) is 3.87. The van der Waals surface area contributed by atoms with Crippen LogP contribution in [0, 0.1) is 13.8 Å². The molecule has 1 heterocycles. The van der Waals surface area contributed by atoms with Gasteiger partial charge < -0.3 is 0 Å². The van der Waals surface area contributed by atoms with E-state index in [0.717, 1.165) is 11.5 Å². The summed E-state index contributed by atoms with van der Waals surface area (Å²) in [4.78, 5) is 15.2. The van der Waals surface area contributed by atoms with Crippen molar-refractivity contribution in [3.63, 3.8) is 0 Å². The normalized spacial score (nSPS) is 10.0. The van der Waals surface area contributed by atoms with Crippen LogP contribution in [0.15, 0.2) is 6.20 Å². The van der Waals surface area contributed by atoms with E-state index < -0.39 is 0 Å². The zero-order chi connectivity index (χ0) is 9.30. The van der Waals surface area contributed by atoms with Gasteiger partial charge in [0.05, 0.1) is 7.05 Å². The summed E-state index contributed by atoms with van der Waals surface area (Å²) in [7, 11) is 1.91. The smallest absolute Gasteiger partial charge is 0.294 e. The minimum atomic E-state index is 0.0654. The fourth-order valence-electron chi connectivity index (χ4n) is 1.11. The molecule has 0 atom stereocenters. The minimum absolute atomic E-state index is 0.0654. The molecule has 1 aromatic heterocycles. The van der Waals surface area contributed by atoms with Gasteiger partial charge in [0.2, 0.25) is 0 Å². The SMILES string of the molecule is CC(=O)c1cnc(C)[n+](C)c1C. The molecule has 0 aliphatic carbocycles. The first-order chi connectivity index (χ1) is 5.54. The van der Waals surface area contributed by atoms with Crippen LogP contribution in [0.4, 0.5) is 0 Å². The Balaban J connectivity index is 3.36. The van der Waals surface area contributed by atoms with E-state index in [0.29, 0.717) is 5.56 Å². The fourth-order valence-corrected chi connectivity index (χ4v) is 1.11. The number of nitrogens with zero attached hydrogens (tertiary/aromatic N) is 2. The molecule has 0 radical (unpaired) electrons. The predicted molar refractivity (Wildman–Crippen MR) is 44.9 cm³/mol. The highest BCUT2D eigenvalue weighted by Gasteiger charge is 2.14. The first kappa shape index (κ1) is 8.84. The van der Waals surface area contributed by atoms with Gasteiger partial charge in [0, 0.05) is 6.92 Å². The van der Waals surface area contributed by atoms with Crippen molar-refractivity contribution in [2.75, 3.05) is 0 Å². The highest BCUT2D eigenvalue weighted by Crippen LogP contribution is 2.01. The lowest BCUT2D eigenvalue weighted by Crippen LogP contribution is -2.38. The van der Waals surface area contributed by atoms with Crippen LogP contribution in [-0.4, -0.2) is 10.8 Å². The van der Waals surface area contributed by atoms with Gasteiger partial charge in [-0.1, -0.05) is 4.98 Å². The zero-order valence-corrected chi connectivity index (χ0v) is 7.88. The average Bonchev–Trinajstić information content (AvgIpc) is 2.00. The van der Waals surface area contributed by atoms with Crippen molar-refractivity contribution < 1.29 is 9.36 Å². The quantitative estimate of drug-likeness (QED) is 0.454. The van der Waals surface area contributed by atoms with Crippen molar-refractivity contribution in [2.45, 2.75) is 20.8 Å². The van der Waals surface area contributed by atoms with Crippen molar-refractivity contribution in [3.8, 4) is 0 Å². The molecule has 3 heteroatoms. The standard InChI is InChI=1S/C9H13N2O/c1-6-9(7(2)12)5-10-8(3)11(6)4/h5H,1-4H3/q+1. The van der Waals surface area contributed by atoms with Crippen molar-refractivity contribution >= 4 is 5.78 Å². The number of carbonyl (C=O) groups is 1. The van der Waals surface area contributed by atoms with Crippen LogP contribution in [0.3, 0.4) is 0 Å². The zero-order valence-electron chi connectivity index (χ0n) is 7.88. The Labute approximate surface area is 72.1 Å². The van der Waals surface area contributed by atoms with Gasteiger partial charge >= 0.3 is 0 Å². The molecule has 64 valence electrons. The lowest BCUT2D eigenvalue weighted by Gasteiger charge is -2.01. The van der Waals surface area contributed by atoms with Gasteiger partial charge in [0.25, 0.3) is 5.82 Å². The van der Waals surface area contributed by atoms with E-state index in [2.05, 4.69) is 4.98 Å². The lowest BCUT2D eigenvalue weighted by molar-refractivity contribution is -0.687. The summed E-state index contributed by atoms with van der Waals surface area (Å²) >= 11 is 0. The Morgan fingerprint density at radius 2 is 2.08 bits per heavy atom. The van der Waals surface area contributed by atoms with Crippen LogP contribution in [0.1, 0.15) is 28.8 Å². The van der Waals surface area contributed by atoms with Crippen LogP contribution >= 0.6 is 0 Å². The molecule has 0 saturated heterocycles. The highest BCUT2D eigenvalue weighted by atomic mass is 16.1. The Morgan fingerprint density at radius 3 is 2.58 bits per heavy atom. The van der Waals surface area contributed by atoms with Gasteiger partial charge in [-0.2, -0.15) is 0 Å². The molecule has 1 rings (SSSR count). The van der Waals surface area contributed by atoms with Crippen LogP contribution in [0.5, 0.6) is 0 Å². The van der Waals surface area contributed by atoms with Crippen molar-refractivity contribution in [2.24, 2.45) is 7.05 Å². The van der Waals surface area contributed by atoms with Crippen molar-refractivity contribution in [1.82, 2.24) is 4.98 Å². The van der Waals surface area contributed by atoms with Crippen LogP contribution in [0.25, 0.3) is 0 Å². The van der Waals surface area contributed by atoms with E-state index in [9.17, 15) is 4.79 Å². The molecule has 0 unspecified atom stereocenters. The Kier molecular flexibility index (Phi) is 2.22. The van der Waals surface area contributed by atoms with Crippen LogP contribution < -0.4 is 4.57 Å². The number of ketones is 1. The topological polar surface area (TPSA) is 33.8 Å². The van der Waals surface area contributed by atoms with Crippen molar-refractivity contribution in [1.29, 1.82) is 0 Å². The largest absolute Gasteiger partial charge is 0.295 e. The minimum Gasteiger partial charge on any atom is -0.294 e. The van der Waals surface area contributed by atoms with Crippen LogP contribution in [0.2, 0.25) is 0 Å². The molecular formula is C9H13N2O+. The molecule has 0 aliphatic heterocycles. The summed E-state index contributed by atoms with van der Waals surface area (Å²) in [5.41, 5.74) is 1.66. The summed E-state index contributed by atoms with van der Waals surface area (Å²) in [6.45, 7) is 5.39. The van der Waals surface area contributed by atoms with Gasteiger partial charge in [0.1, 0.15) is 11.3 Å². The number of carbonyl (C=O) groups excluding carboxylic acids is 1. The molecule has 0 N–H and O–H groups in total. The van der Waals surface area contributed by atoms with E-state index >= 15 is 0 Å². The Hall–Kier alpha value is -1.25. The maximum atomic E-state index is 11.1. The van der Waals surface area contributed by atoms with E-state index in [4.69, 9.17) is 0 Å². The first-order valence-electron chi connectivity index (χ1n) is 3.87. The number of hydrogen-bond donors (Lipinski definition) is 0. The maximum absolute atomic E-state index is 11.1. The molecular weight excluding hydrogens is 152 g/mol. The fraction of sp³-hybridized carbons (Fsp3) is 0.444. The Bertz CT molecular complexity index is 332. The average molecular weight is 165 g/mol. The molecule has 0 amide bonds. The van der Waals surface area contributed by atoms with E-state index in [-0.39, 0.29) is 5.78 Å². The number of rotatable bonds is 1. The molecule has 12 heavy (non-hydrogen) atoms. The van der Waals surface area contributed by atoms with Crippen molar-refractivity contribution in [3.05, 3.63) is 23.3 Å². The predicted octanol–water partition coefficient (Wildman–Crippen LogP) is 0.726. The molecule has 0 aromatic carbocycles. The number of hydrogen-bond acceptors (Lipinski definition) is 2. The number of aryl methyl sites for hydroxylation is 1. The van der Waals surface area contributed by atoms with Crippen LogP contribution in [-0.2, 0) is 7.05 Å². The third kappa shape index (κ3) is 1.35. The molecule has 0 fully saturated rings. The third-order valence-electron chi connectivity index (χ3n) is 2.14. The van der Waals surface area contributed by atoms with Gasteiger partial charge in [0.15, 0.2) is 12.0 Å². The summed E-state index contributed by atoms with van der Waals surface area (Å²) in [6, 6.07) is 0. The van der Waals surface area contributed by atoms with Gasteiger partial charge in [-0.05, 0) is 13.8 Å². The van der Waals surface area contributed by atoms with Gasteiger partial charge in [-0.15, -0.1) is 0 Å². The highest BCUT2D eigenvalue weighted by molar-refractivity contribution is 5.94. The van der Waals surface area contributed by atoms with Gasteiger partial charge in [-0.25, -0.2) is 4.57 Å². The molecule has 0 saturated carbocycles. The molecule has 3 nitrogen and oxygen atoms in total. The Morgan fingerprint density at radius 1 is 1.50 bits per heavy atom. The maximum Gasteiger partial charge on any atom is 0.295 e. The second kappa shape index (κ2) is 3.01. The summed E-state index contributed by atoms with van der Waals surface area (Å²) in [5.74, 6) is 0.980. The summed E-state index contributed by atoms with van der Waals surface area (Å²) in [6.07, 6.45) is 1.63. The molecule has 1 aromatic rings. The molecule has 0 aliphatic rings. The van der Waals surface area contributed by atoms with E-state index in [1.807, 2.05) is 25.5 Å². The second-order valence-corrected chi connectivity index (χ2v) is 2.92. The number of Topliss-reactive ketones (excluding diaryl/α,β-unsaturated/α-hetero) is 1. The third-order valence-corrected chi connectivity index (χ3v) is 2.14. The lowest BCUT2D eigenvalue weighted by atomic mass is 10.2. The molecule has 0 spiro atoms. The number of aromatic nitrogens is 2. The van der Waals surface area contributed by atoms with E-state index in [1.165, 1.54) is 0 Å². The monoisotopic (exact) mass is 165 g/mol. The second-order valence-electron chi connectivity index (χ2n) is 2.92. The van der Waals surface area contributed by atoms with Gasteiger partial charge in [-0.3, -0.25) is 4.79 Å². The van der Waals surface area contributed by atoms with E-state index in [1.54, 1.807) is 13.1 Å². The summed E-state index contributed by atoms with van der Waals surface area (Å²) < 4.78 is 1.91. The molecule has 0 bridgehead atoms. The summed E-state index contributed by atoms with van der Waals surface area (Å²) in [5, 5.41) is 0.